The monoisotopic (exact) mass is 423 g/mol. The molecule has 1 aliphatic carbocycles. The van der Waals surface area contributed by atoms with Crippen molar-refractivity contribution in [2.24, 2.45) is 0 Å². The molecule has 1 atom stereocenters. The topological polar surface area (TPSA) is 110 Å². The molecule has 1 saturated heterocycles. The number of hydrogen-bond donors (Lipinski definition) is 0. The number of para-hydroxylation sites is 1. The standard InChI is InChI=1S/C17H21N5O4S2/c1-12-11-20(28(25,26)14-6-7-14)8-9-21(12)17-18-16(19-27-17)10-13-4-2-3-5-15(13)22(23)24/h2-5,12,14H,6-11H2,1H3. The Morgan fingerprint density at radius 3 is 2.71 bits per heavy atom. The van der Waals surface area contributed by atoms with Crippen molar-refractivity contribution in [2.45, 2.75) is 37.5 Å². The van der Waals surface area contributed by atoms with Crippen LogP contribution < -0.4 is 4.90 Å². The van der Waals surface area contributed by atoms with E-state index in [0.29, 0.717) is 31.0 Å². The number of nitro groups is 1. The number of rotatable bonds is 6. The third kappa shape index (κ3) is 3.74. The largest absolute Gasteiger partial charge is 0.342 e. The minimum absolute atomic E-state index is 0.00543. The summed E-state index contributed by atoms with van der Waals surface area (Å²) in [6.07, 6.45) is 1.82. The van der Waals surface area contributed by atoms with Crippen molar-refractivity contribution in [1.29, 1.82) is 0 Å². The quantitative estimate of drug-likeness (QED) is 0.516. The lowest BCUT2D eigenvalue weighted by atomic mass is 10.1. The SMILES string of the molecule is CC1CN(S(=O)(=O)C2CC2)CCN1c1nc(Cc2ccccc2[N+](=O)[O-])ns1. The van der Waals surface area contributed by atoms with E-state index in [1.807, 2.05) is 6.92 Å². The highest BCUT2D eigenvalue weighted by atomic mass is 32.2. The average Bonchev–Trinajstić information content (AvgIpc) is 3.43. The Kier molecular flexibility index (Phi) is 5.06. The van der Waals surface area contributed by atoms with E-state index in [1.54, 1.807) is 22.5 Å². The Hall–Kier alpha value is -2.11. The summed E-state index contributed by atoms with van der Waals surface area (Å²) >= 11 is 1.25. The van der Waals surface area contributed by atoms with Gasteiger partial charge in [-0.2, -0.15) is 8.68 Å². The summed E-state index contributed by atoms with van der Waals surface area (Å²) in [6, 6.07) is 6.58. The molecule has 0 bridgehead atoms. The van der Waals surface area contributed by atoms with Crippen LogP contribution in [0.15, 0.2) is 24.3 Å². The van der Waals surface area contributed by atoms with Crippen molar-refractivity contribution >= 4 is 32.4 Å². The first-order valence-corrected chi connectivity index (χ1v) is 11.4. The zero-order chi connectivity index (χ0) is 19.9. The highest BCUT2D eigenvalue weighted by Crippen LogP contribution is 2.33. The molecule has 0 radical (unpaired) electrons. The summed E-state index contributed by atoms with van der Waals surface area (Å²) in [5.41, 5.74) is 0.636. The number of anilines is 1. The first-order chi connectivity index (χ1) is 13.4. The number of nitro benzene ring substituents is 1. The van der Waals surface area contributed by atoms with Gasteiger partial charge in [-0.15, -0.1) is 0 Å². The Labute approximate surface area is 167 Å². The highest BCUT2D eigenvalue weighted by molar-refractivity contribution is 7.90. The van der Waals surface area contributed by atoms with Crippen LogP contribution in [0, 0.1) is 10.1 Å². The smallest absolute Gasteiger partial charge is 0.273 e. The van der Waals surface area contributed by atoms with E-state index in [9.17, 15) is 18.5 Å². The van der Waals surface area contributed by atoms with E-state index >= 15 is 0 Å². The van der Waals surface area contributed by atoms with Gasteiger partial charge in [0.2, 0.25) is 15.2 Å². The van der Waals surface area contributed by atoms with Gasteiger partial charge in [0.05, 0.1) is 10.2 Å². The summed E-state index contributed by atoms with van der Waals surface area (Å²) in [5.74, 6) is 0.537. The number of aromatic nitrogens is 2. The van der Waals surface area contributed by atoms with Crippen molar-refractivity contribution in [3.8, 4) is 0 Å². The summed E-state index contributed by atoms with van der Waals surface area (Å²) in [6.45, 7) is 3.44. The molecule has 0 amide bonds. The zero-order valence-electron chi connectivity index (χ0n) is 15.4. The van der Waals surface area contributed by atoms with Gasteiger partial charge in [0.25, 0.3) is 5.69 Å². The molecule has 0 spiro atoms. The predicted molar refractivity (Wildman–Crippen MR) is 106 cm³/mol. The molecule has 1 aliphatic heterocycles. The minimum atomic E-state index is -3.17. The number of hydrogen-bond acceptors (Lipinski definition) is 8. The maximum Gasteiger partial charge on any atom is 0.273 e. The summed E-state index contributed by atoms with van der Waals surface area (Å²) in [5, 5.41) is 11.7. The second-order valence-corrected chi connectivity index (χ2v) is 10.1. The molecule has 28 heavy (non-hydrogen) atoms. The number of sulfonamides is 1. The van der Waals surface area contributed by atoms with E-state index < -0.39 is 14.9 Å². The molecule has 2 aliphatic rings. The number of benzene rings is 1. The fraction of sp³-hybridized carbons (Fsp3) is 0.529. The number of nitrogens with zero attached hydrogens (tertiary/aromatic N) is 5. The molecule has 1 saturated carbocycles. The van der Waals surface area contributed by atoms with Gasteiger partial charge in [-0.1, -0.05) is 18.2 Å². The third-order valence-electron chi connectivity index (χ3n) is 5.14. The van der Waals surface area contributed by atoms with Crippen LogP contribution in [0.25, 0.3) is 0 Å². The fourth-order valence-electron chi connectivity index (χ4n) is 3.46. The Bertz CT molecular complexity index is 989. The zero-order valence-corrected chi connectivity index (χ0v) is 17.0. The number of piperazine rings is 1. The van der Waals surface area contributed by atoms with Gasteiger partial charge in [-0.05, 0) is 19.8 Å². The molecule has 2 heterocycles. The summed E-state index contributed by atoms with van der Waals surface area (Å²) in [4.78, 5) is 17.4. The molecule has 1 aromatic carbocycles. The Balaban J connectivity index is 1.46. The Morgan fingerprint density at radius 2 is 2.04 bits per heavy atom. The minimum Gasteiger partial charge on any atom is -0.342 e. The molecule has 9 nitrogen and oxygen atoms in total. The van der Waals surface area contributed by atoms with Crippen LogP contribution >= 0.6 is 11.5 Å². The maximum atomic E-state index is 12.5. The van der Waals surface area contributed by atoms with Crippen molar-refractivity contribution in [2.75, 3.05) is 24.5 Å². The first-order valence-electron chi connectivity index (χ1n) is 9.16. The van der Waals surface area contributed by atoms with Crippen molar-refractivity contribution in [3.63, 3.8) is 0 Å². The molecule has 2 aromatic rings. The van der Waals surface area contributed by atoms with Crippen molar-refractivity contribution in [3.05, 3.63) is 45.8 Å². The van der Waals surface area contributed by atoms with Gasteiger partial charge in [0.15, 0.2) is 0 Å². The van der Waals surface area contributed by atoms with Crippen LogP contribution in [0.3, 0.4) is 0 Å². The van der Waals surface area contributed by atoms with Crippen LogP contribution in [-0.2, 0) is 16.4 Å². The normalized spacial score (nSPS) is 21.0. The van der Waals surface area contributed by atoms with E-state index in [0.717, 1.165) is 18.0 Å². The van der Waals surface area contributed by atoms with Gasteiger partial charge in [0.1, 0.15) is 5.82 Å². The van der Waals surface area contributed by atoms with Gasteiger partial charge < -0.3 is 4.90 Å². The molecule has 1 unspecified atom stereocenters. The van der Waals surface area contributed by atoms with Gasteiger partial charge >= 0.3 is 0 Å². The first kappa shape index (κ1) is 19.2. The third-order valence-corrected chi connectivity index (χ3v) is 8.29. The molecule has 1 aromatic heterocycles. The molecule has 150 valence electrons. The molecule has 11 heteroatoms. The van der Waals surface area contributed by atoms with Gasteiger partial charge in [0, 0.05) is 55.3 Å². The van der Waals surface area contributed by atoms with Crippen LogP contribution in [0.1, 0.15) is 31.2 Å². The van der Waals surface area contributed by atoms with E-state index in [2.05, 4.69) is 14.3 Å². The average molecular weight is 424 g/mol. The molecule has 4 rings (SSSR count). The lowest BCUT2D eigenvalue weighted by molar-refractivity contribution is -0.385. The lowest BCUT2D eigenvalue weighted by Gasteiger charge is -2.38. The molecule has 2 fully saturated rings. The predicted octanol–water partition coefficient (Wildman–Crippen LogP) is 2.04. The molecule has 0 N–H and O–H groups in total. The summed E-state index contributed by atoms with van der Waals surface area (Å²) < 4.78 is 30.9. The highest BCUT2D eigenvalue weighted by Gasteiger charge is 2.42. The van der Waals surface area contributed by atoms with E-state index in [4.69, 9.17) is 0 Å². The molecular weight excluding hydrogens is 402 g/mol. The van der Waals surface area contributed by atoms with Crippen LogP contribution in [-0.4, -0.2) is 57.9 Å². The lowest BCUT2D eigenvalue weighted by Crippen LogP contribution is -2.54. The Morgan fingerprint density at radius 1 is 1.29 bits per heavy atom. The fourth-order valence-corrected chi connectivity index (χ4v) is 6.19. The van der Waals surface area contributed by atoms with Crippen LogP contribution in [0.2, 0.25) is 0 Å². The van der Waals surface area contributed by atoms with Crippen molar-refractivity contribution < 1.29 is 13.3 Å². The second-order valence-electron chi connectivity index (χ2n) is 7.20. The van der Waals surface area contributed by atoms with Gasteiger partial charge in [-0.3, -0.25) is 10.1 Å². The maximum absolute atomic E-state index is 12.5. The van der Waals surface area contributed by atoms with Crippen molar-refractivity contribution in [1.82, 2.24) is 13.7 Å². The van der Waals surface area contributed by atoms with E-state index in [1.165, 1.54) is 17.6 Å². The van der Waals surface area contributed by atoms with Crippen LogP contribution in [0.4, 0.5) is 10.8 Å². The van der Waals surface area contributed by atoms with Crippen LogP contribution in [0.5, 0.6) is 0 Å². The molecular formula is C17H21N5O4S2. The summed E-state index contributed by atoms with van der Waals surface area (Å²) in [7, 11) is -3.17. The van der Waals surface area contributed by atoms with Gasteiger partial charge in [-0.25, -0.2) is 13.4 Å². The van der Waals surface area contributed by atoms with E-state index in [-0.39, 0.29) is 23.4 Å². The second kappa shape index (κ2) is 7.37.